The third-order valence-electron chi connectivity index (χ3n) is 4.13. The number of carbonyl (C=O) groups is 1. The van der Waals surface area contributed by atoms with Gasteiger partial charge >= 0.3 is 0 Å². The van der Waals surface area contributed by atoms with Crippen molar-refractivity contribution < 1.29 is 4.79 Å². The molecule has 1 amide bonds. The van der Waals surface area contributed by atoms with E-state index < -0.39 is 0 Å². The highest BCUT2D eigenvalue weighted by atomic mass is 16.1. The summed E-state index contributed by atoms with van der Waals surface area (Å²) in [5.41, 5.74) is 4.46. The summed E-state index contributed by atoms with van der Waals surface area (Å²) in [6, 6.07) is 11.8. The molecule has 0 unspecified atom stereocenters. The van der Waals surface area contributed by atoms with E-state index in [0.717, 1.165) is 23.6 Å². The number of benzene rings is 1. The van der Waals surface area contributed by atoms with Crippen molar-refractivity contribution in [2.24, 2.45) is 0 Å². The van der Waals surface area contributed by atoms with Crippen molar-refractivity contribution in [1.82, 2.24) is 9.88 Å². The standard InChI is InChI=1S/C19H23N3O/c1-14-10-17(11-15(2)20-14)19(23)21-18-7-5-6-16(12-18)13-22-8-3-4-9-22/h5-7,10-12H,3-4,8-9,13H2,1-2H3,(H,21,23). The molecule has 1 aliphatic rings. The van der Waals surface area contributed by atoms with E-state index in [1.807, 2.05) is 38.1 Å². The van der Waals surface area contributed by atoms with E-state index in [0.29, 0.717) is 5.56 Å². The van der Waals surface area contributed by atoms with Gasteiger partial charge in [-0.05, 0) is 69.6 Å². The van der Waals surface area contributed by atoms with Crippen LogP contribution in [0.4, 0.5) is 5.69 Å². The van der Waals surface area contributed by atoms with Crippen molar-refractivity contribution in [1.29, 1.82) is 0 Å². The summed E-state index contributed by atoms with van der Waals surface area (Å²) >= 11 is 0. The molecule has 1 saturated heterocycles. The molecule has 0 radical (unpaired) electrons. The molecule has 0 aliphatic carbocycles. The molecule has 23 heavy (non-hydrogen) atoms. The van der Waals surface area contributed by atoms with Crippen molar-refractivity contribution in [3.8, 4) is 0 Å². The number of likely N-dealkylation sites (tertiary alicyclic amines) is 1. The molecule has 3 rings (SSSR count). The minimum atomic E-state index is -0.0862. The maximum atomic E-state index is 12.4. The van der Waals surface area contributed by atoms with Crippen LogP contribution in [0.3, 0.4) is 0 Å². The van der Waals surface area contributed by atoms with Crippen LogP contribution in [0.5, 0.6) is 0 Å². The number of nitrogens with one attached hydrogen (secondary N) is 1. The number of carbonyl (C=O) groups excluding carboxylic acids is 1. The van der Waals surface area contributed by atoms with Crippen LogP contribution in [0.1, 0.15) is 40.2 Å². The van der Waals surface area contributed by atoms with Gasteiger partial charge in [-0.15, -0.1) is 0 Å². The first-order valence-corrected chi connectivity index (χ1v) is 8.18. The normalized spacial score (nSPS) is 14.9. The lowest BCUT2D eigenvalue weighted by Crippen LogP contribution is -2.18. The van der Waals surface area contributed by atoms with E-state index in [9.17, 15) is 4.79 Å². The number of hydrogen-bond acceptors (Lipinski definition) is 3. The van der Waals surface area contributed by atoms with Gasteiger partial charge in [0.15, 0.2) is 0 Å². The zero-order valence-electron chi connectivity index (χ0n) is 13.8. The van der Waals surface area contributed by atoms with Gasteiger partial charge in [-0.1, -0.05) is 12.1 Å². The van der Waals surface area contributed by atoms with Crippen molar-refractivity contribution in [3.05, 3.63) is 58.9 Å². The van der Waals surface area contributed by atoms with E-state index in [1.54, 1.807) is 0 Å². The second kappa shape index (κ2) is 6.92. The number of pyridine rings is 1. The van der Waals surface area contributed by atoms with Crippen molar-refractivity contribution in [2.45, 2.75) is 33.2 Å². The lowest BCUT2D eigenvalue weighted by atomic mass is 10.1. The number of aryl methyl sites for hydroxylation is 2. The van der Waals surface area contributed by atoms with Crippen LogP contribution in [0.25, 0.3) is 0 Å². The largest absolute Gasteiger partial charge is 0.322 e. The number of anilines is 1. The number of hydrogen-bond donors (Lipinski definition) is 1. The van der Waals surface area contributed by atoms with Crippen LogP contribution < -0.4 is 5.32 Å². The number of nitrogens with zero attached hydrogens (tertiary/aromatic N) is 2. The molecule has 4 nitrogen and oxygen atoms in total. The Morgan fingerprint density at radius 1 is 1.13 bits per heavy atom. The lowest BCUT2D eigenvalue weighted by molar-refractivity contribution is 0.102. The molecule has 2 aromatic rings. The minimum absolute atomic E-state index is 0.0862. The van der Waals surface area contributed by atoms with Crippen molar-refractivity contribution in [3.63, 3.8) is 0 Å². The first-order chi connectivity index (χ1) is 11.1. The second-order valence-electron chi connectivity index (χ2n) is 6.28. The molecule has 1 aromatic heterocycles. The Bertz CT molecular complexity index is 685. The third-order valence-corrected chi connectivity index (χ3v) is 4.13. The number of rotatable bonds is 4. The molecule has 0 spiro atoms. The average Bonchev–Trinajstić information content (AvgIpc) is 2.99. The van der Waals surface area contributed by atoms with Crippen molar-refractivity contribution >= 4 is 11.6 Å². The first kappa shape index (κ1) is 15.7. The fourth-order valence-electron chi connectivity index (χ4n) is 3.12. The molecular formula is C19H23N3O. The van der Waals surface area contributed by atoms with Gasteiger partial charge in [0.2, 0.25) is 0 Å². The molecule has 2 heterocycles. The summed E-state index contributed by atoms with van der Waals surface area (Å²) in [6.45, 7) is 7.11. The summed E-state index contributed by atoms with van der Waals surface area (Å²) in [5.74, 6) is -0.0862. The van der Waals surface area contributed by atoms with Gasteiger partial charge in [-0.2, -0.15) is 0 Å². The van der Waals surface area contributed by atoms with Crippen LogP contribution >= 0.6 is 0 Å². The van der Waals surface area contributed by atoms with Gasteiger partial charge in [0.1, 0.15) is 0 Å². The van der Waals surface area contributed by atoms with E-state index in [2.05, 4.69) is 27.3 Å². The Labute approximate surface area is 137 Å². The minimum Gasteiger partial charge on any atom is -0.322 e. The highest BCUT2D eigenvalue weighted by Crippen LogP contribution is 2.17. The van der Waals surface area contributed by atoms with Gasteiger partial charge in [0, 0.05) is 29.2 Å². The molecule has 1 N–H and O–H groups in total. The molecule has 1 fully saturated rings. The van der Waals surface area contributed by atoms with Crippen LogP contribution in [0.2, 0.25) is 0 Å². The molecule has 0 bridgehead atoms. The predicted octanol–water partition coefficient (Wildman–Crippen LogP) is 3.55. The number of amides is 1. The average molecular weight is 309 g/mol. The zero-order chi connectivity index (χ0) is 16.2. The lowest BCUT2D eigenvalue weighted by Gasteiger charge is -2.15. The smallest absolute Gasteiger partial charge is 0.255 e. The fraction of sp³-hybridized carbons (Fsp3) is 0.368. The second-order valence-corrected chi connectivity index (χ2v) is 6.28. The van der Waals surface area contributed by atoms with Crippen LogP contribution in [-0.2, 0) is 6.54 Å². The third kappa shape index (κ3) is 4.17. The van der Waals surface area contributed by atoms with Crippen LogP contribution in [-0.4, -0.2) is 28.9 Å². The van der Waals surface area contributed by atoms with E-state index >= 15 is 0 Å². The summed E-state index contributed by atoms with van der Waals surface area (Å²) in [7, 11) is 0. The maximum Gasteiger partial charge on any atom is 0.255 e. The summed E-state index contributed by atoms with van der Waals surface area (Å²) in [6.07, 6.45) is 2.58. The van der Waals surface area contributed by atoms with Crippen LogP contribution in [0.15, 0.2) is 36.4 Å². The summed E-state index contributed by atoms with van der Waals surface area (Å²) in [5, 5.41) is 2.99. The molecule has 0 saturated carbocycles. The maximum absolute atomic E-state index is 12.4. The number of aromatic nitrogens is 1. The van der Waals surface area contributed by atoms with E-state index in [-0.39, 0.29) is 5.91 Å². The molecule has 0 atom stereocenters. The Balaban J connectivity index is 1.70. The van der Waals surface area contributed by atoms with Gasteiger partial charge in [0.25, 0.3) is 5.91 Å². The Hall–Kier alpha value is -2.20. The Morgan fingerprint density at radius 2 is 1.83 bits per heavy atom. The summed E-state index contributed by atoms with van der Waals surface area (Å²) in [4.78, 5) is 19.2. The Kier molecular flexibility index (Phi) is 4.72. The van der Waals surface area contributed by atoms with Gasteiger partial charge in [0.05, 0.1) is 0 Å². The first-order valence-electron chi connectivity index (χ1n) is 8.18. The highest BCUT2D eigenvalue weighted by molar-refractivity contribution is 6.04. The van der Waals surface area contributed by atoms with Gasteiger partial charge < -0.3 is 5.32 Å². The fourth-order valence-corrected chi connectivity index (χ4v) is 3.12. The molecule has 1 aliphatic heterocycles. The Morgan fingerprint density at radius 3 is 2.52 bits per heavy atom. The quantitative estimate of drug-likeness (QED) is 0.939. The zero-order valence-corrected chi connectivity index (χ0v) is 13.8. The SMILES string of the molecule is Cc1cc(C(=O)Nc2cccc(CN3CCCC3)c2)cc(C)n1. The van der Waals surface area contributed by atoms with Crippen molar-refractivity contribution in [2.75, 3.05) is 18.4 Å². The molecular weight excluding hydrogens is 286 g/mol. The van der Waals surface area contributed by atoms with Gasteiger partial charge in [-0.25, -0.2) is 0 Å². The summed E-state index contributed by atoms with van der Waals surface area (Å²) < 4.78 is 0. The highest BCUT2D eigenvalue weighted by Gasteiger charge is 2.12. The molecule has 1 aromatic carbocycles. The topological polar surface area (TPSA) is 45.2 Å². The van der Waals surface area contributed by atoms with Crippen LogP contribution in [0, 0.1) is 13.8 Å². The predicted molar refractivity (Wildman–Crippen MR) is 92.6 cm³/mol. The monoisotopic (exact) mass is 309 g/mol. The van der Waals surface area contributed by atoms with E-state index in [1.165, 1.54) is 31.5 Å². The van der Waals surface area contributed by atoms with Gasteiger partial charge in [-0.3, -0.25) is 14.7 Å². The molecule has 120 valence electrons. The van der Waals surface area contributed by atoms with E-state index in [4.69, 9.17) is 0 Å². The molecule has 4 heteroatoms.